The van der Waals surface area contributed by atoms with Gasteiger partial charge in [0.15, 0.2) is 0 Å². The van der Waals surface area contributed by atoms with Crippen molar-refractivity contribution in [3.63, 3.8) is 0 Å². The zero-order chi connectivity index (χ0) is 11.7. The van der Waals surface area contributed by atoms with Crippen LogP contribution in [0.25, 0.3) is 0 Å². The number of hydrogen-bond acceptors (Lipinski definition) is 2. The van der Waals surface area contributed by atoms with Crippen molar-refractivity contribution in [3.8, 4) is 0 Å². The van der Waals surface area contributed by atoms with Crippen molar-refractivity contribution in [3.05, 3.63) is 17.0 Å². The predicted octanol–water partition coefficient (Wildman–Crippen LogP) is 2.50. The van der Waals surface area contributed by atoms with Gasteiger partial charge in [0.05, 0.1) is 11.7 Å². The lowest BCUT2D eigenvalue weighted by molar-refractivity contribution is 0.296. The van der Waals surface area contributed by atoms with Crippen LogP contribution in [-0.2, 0) is 6.42 Å². The number of aryl methyl sites for hydroxylation is 1. The molecule has 1 heterocycles. The second kappa shape index (κ2) is 4.58. The highest BCUT2D eigenvalue weighted by Gasteiger charge is 2.23. The summed E-state index contributed by atoms with van der Waals surface area (Å²) < 4.78 is 2.23. The summed E-state index contributed by atoms with van der Waals surface area (Å²) in [6.07, 6.45) is 5.82. The molecule has 2 atom stereocenters. The fourth-order valence-electron chi connectivity index (χ4n) is 2.99. The highest BCUT2D eigenvalue weighted by atomic mass is 15.3. The average molecular weight is 221 g/mol. The highest BCUT2D eigenvalue weighted by molar-refractivity contribution is 5.24. The van der Waals surface area contributed by atoms with E-state index in [0.717, 1.165) is 12.8 Å². The number of nitrogens with zero attached hydrogens (tertiary/aromatic N) is 2. The predicted molar refractivity (Wildman–Crippen MR) is 66.6 cm³/mol. The summed E-state index contributed by atoms with van der Waals surface area (Å²) in [6, 6.07) is 0.899. The van der Waals surface area contributed by atoms with Crippen LogP contribution in [0.3, 0.4) is 0 Å². The van der Waals surface area contributed by atoms with Crippen molar-refractivity contribution in [1.29, 1.82) is 0 Å². The SMILES string of the molecule is CCc1c(C)nn(C2CCCC(N)C2)c1C. The summed E-state index contributed by atoms with van der Waals surface area (Å²) in [5, 5.41) is 4.70. The summed E-state index contributed by atoms with van der Waals surface area (Å²) in [7, 11) is 0. The van der Waals surface area contributed by atoms with E-state index in [1.54, 1.807) is 0 Å². The van der Waals surface area contributed by atoms with Gasteiger partial charge >= 0.3 is 0 Å². The minimum atomic E-state index is 0.368. The van der Waals surface area contributed by atoms with Gasteiger partial charge in [-0.15, -0.1) is 0 Å². The van der Waals surface area contributed by atoms with Crippen LogP contribution in [0.2, 0.25) is 0 Å². The van der Waals surface area contributed by atoms with Crippen LogP contribution < -0.4 is 5.73 Å². The molecular weight excluding hydrogens is 198 g/mol. The van der Waals surface area contributed by atoms with Gasteiger partial charge in [-0.05, 0) is 51.5 Å². The third kappa shape index (κ3) is 2.01. The normalized spacial score (nSPS) is 26.0. The highest BCUT2D eigenvalue weighted by Crippen LogP contribution is 2.29. The Hall–Kier alpha value is -0.830. The third-order valence-electron chi connectivity index (χ3n) is 3.86. The topological polar surface area (TPSA) is 43.8 Å². The molecule has 1 saturated carbocycles. The fraction of sp³-hybridized carbons (Fsp3) is 0.769. The number of aromatic nitrogens is 2. The molecular formula is C13H23N3. The molecule has 1 aromatic heterocycles. The van der Waals surface area contributed by atoms with E-state index in [-0.39, 0.29) is 0 Å². The van der Waals surface area contributed by atoms with Crippen LogP contribution in [0, 0.1) is 13.8 Å². The Morgan fingerprint density at radius 3 is 2.69 bits per heavy atom. The Bertz CT molecular complexity index is 367. The molecule has 2 rings (SSSR count). The fourth-order valence-corrected chi connectivity index (χ4v) is 2.99. The number of hydrogen-bond donors (Lipinski definition) is 1. The molecule has 90 valence electrons. The molecule has 1 fully saturated rings. The van der Waals surface area contributed by atoms with Crippen molar-refractivity contribution in [2.75, 3.05) is 0 Å². The van der Waals surface area contributed by atoms with Gasteiger partial charge in [0.2, 0.25) is 0 Å². The molecule has 0 saturated heterocycles. The molecule has 0 bridgehead atoms. The molecule has 3 heteroatoms. The maximum Gasteiger partial charge on any atom is 0.0628 e. The van der Waals surface area contributed by atoms with Crippen molar-refractivity contribution >= 4 is 0 Å². The molecule has 1 aromatic rings. The van der Waals surface area contributed by atoms with E-state index in [0.29, 0.717) is 12.1 Å². The van der Waals surface area contributed by atoms with E-state index < -0.39 is 0 Å². The van der Waals surface area contributed by atoms with Gasteiger partial charge < -0.3 is 5.73 Å². The minimum Gasteiger partial charge on any atom is -0.328 e. The van der Waals surface area contributed by atoms with Gasteiger partial charge in [0, 0.05) is 11.7 Å². The molecule has 3 nitrogen and oxygen atoms in total. The van der Waals surface area contributed by atoms with E-state index in [1.807, 2.05) is 0 Å². The van der Waals surface area contributed by atoms with Gasteiger partial charge in [-0.1, -0.05) is 6.92 Å². The lowest BCUT2D eigenvalue weighted by Crippen LogP contribution is -2.30. The van der Waals surface area contributed by atoms with E-state index in [4.69, 9.17) is 10.8 Å². The summed E-state index contributed by atoms with van der Waals surface area (Å²) in [5.74, 6) is 0. The quantitative estimate of drug-likeness (QED) is 0.834. The first-order valence-electron chi connectivity index (χ1n) is 6.43. The van der Waals surface area contributed by atoms with Crippen LogP contribution in [0.1, 0.15) is 55.6 Å². The Labute approximate surface area is 98.0 Å². The molecule has 0 aromatic carbocycles. The smallest absolute Gasteiger partial charge is 0.0628 e. The van der Waals surface area contributed by atoms with Crippen LogP contribution in [0.15, 0.2) is 0 Å². The molecule has 2 N–H and O–H groups in total. The Morgan fingerprint density at radius 2 is 2.12 bits per heavy atom. The van der Waals surface area contributed by atoms with Crippen molar-refractivity contribution < 1.29 is 0 Å². The van der Waals surface area contributed by atoms with Crippen molar-refractivity contribution in [1.82, 2.24) is 9.78 Å². The van der Waals surface area contributed by atoms with E-state index in [1.165, 1.54) is 36.2 Å². The summed E-state index contributed by atoms with van der Waals surface area (Å²) in [5.41, 5.74) is 10.0. The first-order chi connectivity index (χ1) is 7.63. The first kappa shape index (κ1) is 11.6. The van der Waals surface area contributed by atoms with E-state index in [9.17, 15) is 0 Å². The molecule has 1 aliphatic carbocycles. The Kier molecular flexibility index (Phi) is 3.33. The Balaban J connectivity index is 2.26. The van der Waals surface area contributed by atoms with Gasteiger partial charge in [-0.3, -0.25) is 4.68 Å². The second-order valence-corrected chi connectivity index (χ2v) is 5.03. The standard InChI is InChI=1S/C13H23N3/c1-4-13-9(2)15-16(10(13)3)12-7-5-6-11(14)8-12/h11-12H,4-8,14H2,1-3H3. The van der Waals surface area contributed by atoms with E-state index in [2.05, 4.69) is 25.5 Å². The molecule has 0 radical (unpaired) electrons. The second-order valence-electron chi connectivity index (χ2n) is 5.03. The monoisotopic (exact) mass is 221 g/mol. The Morgan fingerprint density at radius 1 is 1.38 bits per heavy atom. The maximum atomic E-state index is 6.05. The molecule has 2 unspecified atom stereocenters. The third-order valence-corrected chi connectivity index (χ3v) is 3.86. The van der Waals surface area contributed by atoms with Crippen molar-refractivity contribution in [2.24, 2.45) is 5.73 Å². The lowest BCUT2D eigenvalue weighted by Gasteiger charge is -2.27. The summed E-state index contributed by atoms with van der Waals surface area (Å²) in [6.45, 7) is 6.51. The first-order valence-corrected chi connectivity index (χ1v) is 6.43. The maximum absolute atomic E-state index is 6.05. The van der Waals surface area contributed by atoms with Gasteiger partial charge in [-0.25, -0.2) is 0 Å². The molecule has 16 heavy (non-hydrogen) atoms. The van der Waals surface area contributed by atoms with Crippen LogP contribution >= 0.6 is 0 Å². The number of rotatable bonds is 2. The summed E-state index contributed by atoms with van der Waals surface area (Å²) >= 11 is 0. The van der Waals surface area contributed by atoms with Gasteiger partial charge in [0.25, 0.3) is 0 Å². The van der Waals surface area contributed by atoms with Crippen LogP contribution in [-0.4, -0.2) is 15.8 Å². The van der Waals surface area contributed by atoms with Gasteiger partial charge in [-0.2, -0.15) is 5.10 Å². The summed E-state index contributed by atoms with van der Waals surface area (Å²) in [4.78, 5) is 0. The largest absolute Gasteiger partial charge is 0.328 e. The average Bonchev–Trinajstić information content (AvgIpc) is 2.54. The van der Waals surface area contributed by atoms with E-state index >= 15 is 0 Å². The van der Waals surface area contributed by atoms with Crippen LogP contribution in [0.4, 0.5) is 0 Å². The van der Waals surface area contributed by atoms with Gasteiger partial charge in [0.1, 0.15) is 0 Å². The zero-order valence-corrected chi connectivity index (χ0v) is 10.7. The van der Waals surface area contributed by atoms with Crippen molar-refractivity contribution in [2.45, 2.75) is 65.0 Å². The minimum absolute atomic E-state index is 0.368. The lowest BCUT2D eigenvalue weighted by atomic mass is 9.91. The van der Waals surface area contributed by atoms with Crippen LogP contribution in [0.5, 0.6) is 0 Å². The zero-order valence-electron chi connectivity index (χ0n) is 10.7. The molecule has 0 spiro atoms. The molecule has 0 aliphatic heterocycles. The molecule has 1 aliphatic rings. The molecule has 0 amide bonds. The number of nitrogens with two attached hydrogens (primary N) is 1.